The van der Waals surface area contributed by atoms with Crippen LogP contribution in [0.2, 0.25) is 0 Å². The molecule has 0 N–H and O–H groups in total. The topological polar surface area (TPSA) is 310 Å². The lowest BCUT2D eigenvalue weighted by molar-refractivity contribution is -0.205. The minimum absolute atomic E-state index is 0.0527. The van der Waals surface area contributed by atoms with Crippen molar-refractivity contribution < 1.29 is 93.9 Å². The van der Waals surface area contributed by atoms with Gasteiger partial charge in [0.15, 0.2) is 53.8 Å². The van der Waals surface area contributed by atoms with Crippen LogP contribution in [0.4, 0.5) is 22.1 Å². The molecular formula is C82H81N7O20P2S. The van der Waals surface area contributed by atoms with Gasteiger partial charge >= 0.3 is 51.1 Å². The van der Waals surface area contributed by atoms with E-state index in [4.69, 9.17) is 61.0 Å². The van der Waals surface area contributed by atoms with Crippen molar-refractivity contribution in [2.24, 2.45) is 16.8 Å². The van der Waals surface area contributed by atoms with Crippen molar-refractivity contribution in [2.45, 2.75) is 100 Å². The van der Waals surface area contributed by atoms with E-state index in [1.54, 1.807) is 253 Å². The number of carbonyl (C=O) groups is 6. The quantitative estimate of drug-likeness (QED) is 0.0124. The Balaban J connectivity index is 0.930. The Morgan fingerprint density at radius 2 is 0.911 bits per heavy atom. The monoisotopic (exact) mass is 1580 g/mol. The number of carbonyl (C=O) groups excluding carboxylic acids is 6. The van der Waals surface area contributed by atoms with Crippen molar-refractivity contribution >= 4 is 97.7 Å². The first kappa shape index (κ1) is 80.5. The van der Waals surface area contributed by atoms with Crippen LogP contribution >= 0.6 is 27.0 Å². The molecule has 30 heteroatoms. The fraction of sp³-hybridized carbons (Fsp3) is 0.268. The lowest BCUT2D eigenvalue weighted by atomic mass is 9.98. The van der Waals surface area contributed by atoms with E-state index >= 15 is 9.13 Å². The molecule has 12 rings (SSSR count). The van der Waals surface area contributed by atoms with Gasteiger partial charge in [0.05, 0.1) is 79.0 Å². The maximum absolute atomic E-state index is 16.5. The third kappa shape index (κ3) is 20.9. The summed E-state index contributed by atoms with van der Waals surface area (Å²) in [5, 5.41) is 0. The summed E-state index contributed by atoms with van der Waals surface area (Å²) in [4.78, 5) is 109. The first-order valence-corrected chi connectivity index (χ1v) is 40.1. The summed E-state index contributed by atoms with van der Waals surface area (Å²) < 4.78 is 112. The summed E-state index contributed by atoms with van der Waals surface area (Å²) in [6.07, 6.45) is -11.3. The Morgan fingerprint density at radius 3 is 1.38 bits per heavy atom. The Morgan fingerprint density at radius 1 is 0.500 bits per heavy atom. The standard InChI is InChI=1S/C82H81N7O20P2S/c1-54(2)75(90)104-68-64(102-74(70(68)107-76(91)55(3)4)88-52-83-66-72(88)85-81(84-51-87(5)6)86-73(66)109-82(95)89(61-41-25-12-26-42-61)62-43-27-13-28-44-62)49-100-110(96,98-47-56-31-15-7-16-32-56)53-111(97,99-48-57-33-17-8-18-34-57)101-50-65-67(105-77(92)58-35-19-9-20-36-58)69(106-78(93)59-37-21-10-22-38-59)71(108-79(94)60-39-23-11-24-40-60)80(103-65)112-63-45-29-14-30-46-63/h7-46,51-52,54-55,64-65,67-71,74,80H,47-50,53H2,1-6H3/b84-51+/t64-,65-,67+,68-,69+,70-,71-,74-,80+,110?,111?/m1/s1. The number of thioether (sulfide) groups is 1. The Bertz CT molecular complexity index is 4920. The molecule has 0 aliphatic carbocycles. The first-order chi connectivity index (χ1) is 54.2. The second kappa shape index (κ2) is 37.8. The third-order valence-electron chi connectivity index (χ3n) is 17.3. The summed E-state index contributed by atoms with van der Waals surface area (Å²) in [7, 11) is -6.73. The average Bonchev–Trinajstić information content (AvgIpc) is 1.60. The highest BCUT2D eigenvalue weighted by Crippen LogP contribution is 2.65. The van der Waals surface area contributed by atoms with Crippen LogP contribution in [0.25, 0.3) is 11.2 Å². The van der Waals surface area contributed by atoms with Crippen LogP contribution < -0.4 is 9.64 Å². The number of esters is 5. The highest BCUT2D eigenvalue weighted by atomic mass is 32.2. The molecule has 0 spiro atoms. The van der Waals surface area contributed by atoms with Gasteiger partial charge in [-0.25, -0.2) is 34.1 Å². The van der Waals surface area contributed by atoms with Gasteiger partial charge in [0.1, 0.15) is 17.6 Å². The smallest absolute Gasteiger partial charge is 0.425 e. The van der Waals surface area contributed by atoms with Crippen LogP contribution in [-0.4, -0.2) is 148 Å². The number of anilines is 2. The van der Waals surface area contributed by atoms with Crippen LogP contribution in [0.5, 0.6) is 5.88 Å². The van der Waals surface area contributed by atoms with Crippen LogP contribution in [0.15, 0.2) is 259 Å². The molecule has 0 bridgehead atoms. The Hall–Kier alpha value is -11.0. The van der Waals surface area contributed by atoms with E-state index in [9.17, 15) is 28.8 Å². The molecule has 2 unspecified atom stereocenters. The van der Waals surface area contributed by atoms with Crippen molar-refractivity contribution in [1.82, 2.24) is 24.4 Å². The molecule has 2 aliphatic rings. The van der Waals surface area contributed by atoms with Crippen LogP contribution in [-0.2, 0) is 83.2 Å². The van der Waals surface area contributed by atoms with Gasteiger partial charge in [-0.1, -0.05) is 209 Å². The predicted octanol–water partition coefficient (Wildman–Crippen LogP) is 15.4. The average molecular weight is 1580 g/mol. The molecule has 10 aromatic rings. The van der Waals surface area contributed by atoms with E-state index in [-0.39, 0.29) is 39.7 Å². The molecule has 2 aliphatic heterocycles. The predicted molar refractivity (Wildman–Crippen MR) is 414 cm³/mol. The van der Waals surface area contributed by atoms with Crippen molar-refractivity contribution in [3.05, 3.63) is 277 Å². The van der Waals surface area contributed by atoms with Crippen LogP contribution in [0, 0.1) is 11.8 Å². The minimum Gasteiger partial charge on any atom is -0.455 e. The number of rotatable bonds is 32. The molecule has 2 aromatic heterocycles. The molecular weight excluding hydrogens is 1500 g/mol. The minimum atomic E-state index is -5.09. The maximum Gasteiger partial charge on any atom is 0.425 e. The molecule has 4 heterocycles. The Kier molecular flexibility index (Phi) is 27.2. The van der Waals surface area contributed by atoms with E-state index in [0.29, 0.717) is 27.4 Å². The van der Waals surface area contributed by atoms with Gasteiger partial charge < -0.3 is 60.9 Å². The summed E-state index contributed by atoms with van der Waals surface area (Å²) >= 11 is 1.07. The molecule has 8 aromatic carbocycles. The Labute approximate surface area is 650 Å². The number of ether oxygens (including phenoxy) is 8. The molecule has 11 atom stereocenters. The zero-order chi connectivity index (χ0) is 78.7. The van der Waals surface area contributed by atoms with Crippen molar-refractivity contribution in [3.8, 4) is 5.88 Å². The zero-order valence-corrected chi connectivity index (χ0v) is 64.3. The van der Waals surface area contributed by atoms with E-state index in [1.807, 2.05) is 0 Å². The number of para-hydroxylation sites is 2. The molecule has 0 radical (unpaired) electrons. The van der Waals surface area contributed by atoms with Gasteiger partial charge in [-0.2, -0.15) is 9.97 Å². The number of aromatic nitrogens is 4. The zero-order valence-electron chi connectivity index (χ0n) is 61.7. The van der Waals surface area contributed by atoms with Gasteiger partial charge in [-0.15, -0.1) is 0 Å². The van der Waals surface area contributed by atoms with Crippen molar-refractivity contribution in [1.29, 1.82) is 0 Å². The largest absolute Gasteiger partial charge is 0.455 e. The maximum atomic E-state index is 16.5. The number of aliphatic imine (C=N–C) groups is 1. The molecule has 580 valence electrons. The van der Waals surface area contributed by atoms with Crippen LogP contribution in [0.3, 0.4) is 0 Å². The normalized spacial score (nSPS) is 19.9. The second-order valence-corrected chi connectivity index (χ2v) is 32.3. The van der Waals surface area contributed by atoms with E-state index in [2.05, 4.69) is 15.0 Å². The van der Waals surface area contributed by atoms with Gasteiger partial charge in [0, 0.05) is 19.0 Å². The van der Waals surface area contributed by atoms with Crippen molar-refractivity contribution in [2.75, 3.05) is 38.1 Å². The van der Waals surface area contributed by atoms with E-state index < -0.39 is 150 Å². The second-order valence-electron chi connectivity index (χ2n) is 26.6. The molecule has 2 fully saturated rings. The third-order valence-corrected chi connectivity index (χ3v) is 23.3. The lowest BCUT2D eigenvalue weighted by Gasteiger charge is -2.44. The van der Waals surface area contributed by atoms with Gasteiger partial charge in [-0.05, 0) is 83.9 Å². The first-order valence-electron chi connectivity index (χ1n) is 35.8. The molecule has 1 amide bonds. The SMILES string of the molecule is CC(C)C(=O)O[C@@H]1[C@H](OC(=O)C(C)C)[C@@H](COP(=O)(CP(=O)(OCc2ccccc2)OC[C@H]2O[C@@H](Sc3ccccc3)[C@H](OC(=O)c3ccccc3)[C@@H](OC(=O)c3ccccc3)[C@H]2OC(=O)c2ccccc2)OCc2ccccc2)O[C@H]1n1cnc2c(OC(=O)N(c3ccccc3)c3ccccc3)nc(/N=C/N(C)C)nc21. The van der Waals surface area contributed by atoms with Gasteiger partial charge in [0.25, 0.3) is 11.8 Å². The van der Waals surface area contributed by atoms with E-state index in [0.717, 1.165) is 11.8 Å². The number of imidazole rings is 1. The fourth-order valence-corrected chi connectivity index (χ4v) is 17.4. The van der Waals surface area contributed by atoms with Crippen molar-refractivity contribution in [3.63, 3.8) is 0 Å². The van der Waals surface area contributed by atoms with Gasteiger partial charge in [-0.3, -0.25) is 23.3 Å². The highest BCUT2D eigenvalue weighted by Gasteiger charge is 2.56. The van der Waals surface area contributed by atoms with Crippen LogP contribution in [0.1, 0.15) is 76.1 Å². The number of hydrogen-bond donors (Lipinski definition) is 0. The summed E-state index contributed by atoms with van der Waals surface area (Å²) in [6.45, 7) is 3.75. The summed E-state index contributed by atoms with van der Waals surface area (Å²) in [6, 6.07) is 67.3. The fourth-order valence-electron chi connectivity index (χ4n) is 11.6. The molecule has 0 saturated carbocycles. The number of fused-ring (bicyclic) bond motifs is 1. The number of hydrogen-bond acceptors (Lipinski definition) is 25. The molecule has 2 saturated heterocycles. The summed E-state index contributed by atoms with van der Waals surface area (Å²) in [5.41, 5.74) is 0.587. The van der Waals surface area contributed by atoms with E-state index in [1.165, 1.54) is 58.5 Å². The van der Waals surface area contributed by atoms with Gasteiger partial charge in [0.2, 0.25) is 0 Å². The summed E-state index contributed by atoms with van der Waals surface area (Å²) in [5.74, 6) is -7.60. The highest BCUT2D eigenvalue weighted by molar-refractivity contribution is 7.99. The number of benzene rings is 8. The number of nitrogens with zero attached hydrogens (tertiary/aromatic N) is 7. The molecule has 112 heavy (non-hydrogen) atoms. The lowest BCUT2D eigenvalue weighted by Crippen LogP contribution is -2.61. The molecule has 27 nitrogen and oxygen atoms in total. The number of amides is 1.